The molecule has 7 nitrogen and oxygen atoms in total. The van der Waals surface area contributed by atoms with E-state index in [1.807, 2.05) is 35.8 Å². The topological polar surface area (TPSA) is 65.2 Å². The predicted molar refractivity (Wildman–Crippen MR) is 120 cm³/mol. The van der Waals surface area contributed by atoms with Crippen molar-refractivity contribution in [2.45, 2.75) is 52.1 Å². The minimum Gasteiger partial charge on any atom is -0.383 e. The summed E-state index contributed by atoms with van der Waals surface area (Å²) in [5, 5.41) is 8.45. The summed E-state index contributed by atoms with van der Waals surface area (Å²) in [5.74, 6) is 1.08. The summed E-state index contributed by atoms with van der Waals surface area (Å²) in [7, 11) is 1.70. The second-order valence-corrected chi connectivity index (χ2v) is 8.22. The number of hydrogen-bond acceptors (Lipinski definition) is 4. The first-order valence-corrected chi connectivity index (χ1v) is 11.0. The third-order valence-corrected chi connectivity index (χ3v) is 6.31. The fourth-order valence-corrected chi connectivity index (χ4v) is 4.63. The normalized spacial score (nSPS) is 16.2. The second kappa shape index (κ2) is 9.47. The van der Waals surface area contributed by atoms with Crippen LogP contribution in [0.15, 0.2) is 42.7 Å². The third kappa shape index (κ3) is 4.42. The van der Waals surface area contributed by atoms with Crippen LogP contribution in [-0.2, 0) is 17.7 Å². The Bertz CT molecular complexity index is 1020. The molecule has 0 N–H and O–H groups in total. The molecule has 3 heterocycles. The van der Waals surface area contributed by atoms with Gasteiger partial charge in [0.25, 0.3) is 5.91 Å². The van der Waals surface area contributed by atoms with E-state index in [-0.39, 0.29) is 11.9 Å². The van der Waals surface area contributed by atoms with Crippen molar-refractivity contribution in [2.24, 2.45) is 0 Å². The molecule has 1 aromatic carbocycles. The zero-order valence-electron chi connectivity index (χ0n) is 18.6. The minimum absolute atomic E-state index is 0.142. The highest BCUT2D eigenvalue weighted by atomic mass is 16.5. The van der Waals surface area contributed by atoms with Crippen molar-refractivity contribution in [1.82, 2.24) is 24.2 Å². The van der Waals surface area contributed by atoms with Gasteiger partial charge in [0.1, 0.15) is 12.2 Å². The maximum Gasteiger partial charge on any atom is 0.255 e. The average Bonchev–Trinajstić information content (AvgIpc) is 3.50. The number of carbonyl (C=O) groups is 1. The fraction of sp³-hybridized carbons (Fsp3) is 0.458. The van der Waals surface area contributed by atoms with Crippen molar-refractivity contribution in [1.29, 1.82) is 0 Å². The molecule has 0 radical (unpaired) electrons. The molecular weight excluding hydrogens is 390 g/mol. The molecule has 4 rings (SSSR count). The van der Waals surface area contributed by atoms with Gasteiger partial charge >= 0.3 is 0 Å². The Kier molecular flexibility index (Phi) is 6.51. The molecule has 0 aliphatic carbocycles. The van der Waals surface area contributed by atoms with Crippen LogP contribution in [0, 0.1) is 13.8 Å². The first kappa shape index (κ1) is 21.3. The molecule has 7 heteroatoms. The number of para-hydroxylation sites is 1. The summed E-state index contributed by atoms with van der Waals surface area (Å²) in [6, 6.07) is 12.4. The van der Waals surface area contributed by atoms with E-state index in [1.54, 1.807) is 13.4 Å². The number of ether oxygens (including phenoxy) is 1. The van der Waals surface area contributed by atoms with Crippen LogP contribution in [0.2, 0.25) is 0 Å². The van der Waals surface area contributed by atoms with Crippen molar-refractivity contribution in [3.05, 3.63) is 65.5 Å². The van der Waals surface area contributed by atoms with E-state index in [9.17, 15) is 4.79 Å². The smallest absolute Gasteiger partial charge is 0.255 e. The molecule has 1 aliphatic heterocycles. The van der Waals surface area contributed by atoms with E-state index in [2.05, 4.69) is 38.7 Å². The van der Waals surface area contributed by atoms with Crippen LogP contribution in [0.1, 0.15) is 46.8 Å². The molecule has 164 valence electrons. The van der Waals surface area contributed by atoms with Gasteiger partial charge < -0.3 is 14.2 Å². The number of rotatable bonds is 8. The van der Waals surface area contributed by atoms with Gasteiger partial charge in [-0.15, -0.1) is 10.2 Å². The molecule has 1 atom stereocenters. The number of likely N-dealkylation sites (tertiary alicyclic amines) is 1. The van der Waals surface area contributed by atoms with Crippen LogP contribution in [0.25, 0.3) is 5.69 Å². The number of aromatic nitrogens is 4. The second-order valence-electron chi connectivity index (χ2n) is 8.22. The fourth-order valence-electron chi connectivity index (χ4n) is 4.63. The molecule has 1 unspecified atom stereocenters. The Morgan fingerprint density at radius 1 is 1.23 bits per heavy atom. The van der Waals surface area contributed by atoms with Gasteiger partial charge in [-0.05, 0) is 51.3 Å². The lowest BCUT2D eigenvalue weighted by Gasteiger charge is -2.25. The van der Waals surface area contributed by atoms with E-state index in [0.717, 1.165) is 67.2 Å². The summed E-state index contributed by atoms with van der Waals surface area (Å²) in [6.07, 6.45) is 5.52. The molecule has 0 spiro atoms. The number of nitrogens with zero attached hydrogens (tertiary/aromatic N) is 5. The zero-order valence-corrected chi connectivity index (χ0v) is 18.6. The van der Waals surface area contributed by atoms with E-state index in [1.165, 1.54) is 0 Å². The molecule has 2 aromatic heterocycles. The predicted octanol–water partition coefficient (Wildman–Crippen LogP) is 3.57. The number of hydrogen-bond donors (Lipinski definition) is 0. The quantitative estimate of drug-likeness (QED) is 0.558. The molecular formula is C24H31N5O2. The summed E-state index contributed by atoms with van der Waals surface area (Å²) in [6.45, 7) is 6.30. The minimum atomic E-state index is 0.142. The first-order valence-electron chi connectivity index (χ1n) is 11.0. The molecule has 1 aliphatic rings. The van der Waals surface area contributed by atoms with E-state index >= 15 is 0 Å². The summed E-state index contributed by atoms with van der Waals surface area (Å²) < 4.78 is 9.43. The van der Waals surface area contributed by atoms with Crippen molar-refractivity contribution >= 4 is 5.91 Å². The van der Waals surface area contributed by atoms with Crippen LogP contribution < -0.4 is 0 Å². The Labute approximate surface area is 183 Å². The van der Waals surface area contributed by atoms with E-state index in [0.29, 0.717) is 6.61 Å². The lowest BCUT2D eigenvalue weighted by atomic mass is 10.1. The summed E-state index contributed by atoms with van der Waals surface area (Å²) in [4.78, 5) is 15.5. The van der Waals surface area contributed by atoms with E-state index < -0.39 is 0 Å². The Balaban J connectivity index is 1.46. The number of carbonyl (C=O) groups excluding carboxylic acids is 1. The number of methoxy groups -OCH3 is 1. The number of aryl methyl sites for hydroxylation is 2. The Hall–Kier alpha value is -2.93. The highest BCUT2D eigenvalue weighted by Gasteiger charge is 2.31. The Morgan fingerprint density at radius 3 is 2.81 bits per heavy atom. The molecule has 1 fully saturated rings. The van der Waals surface area contributed by atoms with Gasteiger partial charge in [0.15, 0.2) is 0 Å². The molecule has 3 aromatic rings. The highest BCUT2D eigenvalue weighted by molar-refractivity contribution is 5.96. The van der Waals surface area contributed by atoms with Gasteiger partial charge in [-0.25, -0.2) is 0 Å². The van der Waals surface area contributed by atoms with Crippen LogP contribution >= 0.6 is 0 Å². The van der Waals surface area contributed by atoms with Gasteiger partial charge in [0.2, 0.25) is 0 Å². The SMILES string of the molecule is COCCn1c(C)cc(C(=O)N2CCCC2CCc2nncn2-c2ccccc2)c1C. The van der Waals surface area contributed by atoms with Crippen molar-refractivity contribution in [3.8, 4) is 5.69 Å². The largest absolute Gasteiger partial charge is 0.383 e. The van der Waals surface area contributed by atoms with Crippen LogP contribution in [0.3, 0.4) is 0 Å². The van der Waals surface area contributed by atoms with Crippen LogP contribution in [-0.4, -0.2) is 56.4 Å². The van der Waals surface area contributed by atoms with Gasteiger partial charge in [-0.1, -0.05) is 18.2 Å². The van der Waals surface area contributed by atoms with Crippen LogP contribution in [0.5, 0.6) is 0 Å². The van der Waals surface area contributed by atoms with Crippen molar-refractivity contribution in [2.75, 3.05) is 20.3 Å². The zero-order chi connectivity index (χ0) is 21.8. The maximum absolute atomic E-state index is 13.4. The van der Waals surface area contributed by atoms with E-state index in [4.69, 9.17) is 4.74 Å². The molecule has 1 saturated heterocycles. The summed E-state index contributed by atoms with van der Waals surface area (Å²) >= 11 is 0. The van der Waals surface area contributed by atoms with Crippen molar-refractivity contribution in [3.63, 3.8) is 0 Å². The Morgan fingerprint density at radius 2 is 2.03 bits per heavy atom. The maximum atomic E-state index is 13.4. The highest BCUT2D eigenvalue weighted by Crippen LogP contribution is 2.26. The molecule has 31 heavy (non-hydrogen) atoms. The van der Waals surface area contributed by atoms with Crippen molar-refractivity contribution < 1.29 is 9.53 Å². The molecule has 1 amide bonds. The number of benzene rings is 1. The molecule has 0 bridgehead atoms. The first-order chi connectivity index (χ1) is 15.1. The average molecular weight is 422 g/mol. The third-order valence-electron chi connectivity index (χ3n) is 6.31. The van der Waals surface area contributed by atoms with Crippen LogP contribution in [0.4, 0.5) is 0 Å². The standard InChI is InChI=1S/C24H31N5O2/c1-18-16-22(19(2)27(18)14-15-31-3)24(30)28-13-7-10-21(28)11-12-23-26-25-17-29(23)20-8-5-4-6-9-20/h4-6,8-9,16-17,21H,7,10-15H2,1-3H3. The number of amides is 1. The van der Waals surface area contributed by atoms with Gasteiger partial charge in [0, 0.05) is 49.7 Å². The lowest BCUT2D eigenvalue weighted by molar-refractivity contribution is 0.0729. The molecule has 0 saturated carbocycles. The van der Waals surface area contributed by atoms with Gasteiger partial charge in [-0.2, -0.15) is 0 Å². The summed E-state index contributed by atoms with van der Waals surface area (Å²) in [5.41, 5.74) is 4.00. The lowest BCUT2D eigenvalue weighted by Crippen LogP contribution is -2.36. The monoisotopic (exact) mass is 421 g/mol. The van der Waals surface area contributed by atoms with Gasteiger partial charge in [0.05, 0.1) is 12.2 Å². The van der Waals surface area contributed by atoms with Gasteiger partial charge in [-0.3, -0.25) is 9.36 Å².